The molecule has 1 unspecified atom stereocenters. The number of aliphatic hydroxyl groups excluding tert-OH is 1. The highest BCUT2D eigenvalue weighted by Gasteiger charge is 2.30. The molecule has 1 fully saturated rings. The maximum absolute atomic E-state index is 14.3. The third-order valence-corrected chi connectivity index (χ3v) is 5.21. The van der Waals surface area contributed by atoms with Crippen molar-refractivity contribution in [1.29, 1.82) is 0 Å². The number of halogens is 1. The lowest BCUT2D eigenvalue weighted by Crippen LogP contribution is -2.38. The zero-order valence-corrected chi connectivity index (χ0v) is 15.5. The maximum Gasteiger partial charge on any atom is 0.254 e. The summed E-state index contributed by atoms with van der Waals surface area (Å²) in [6.45, 7) is 1.27. The number of amides is 1. The lowest BCUT2D eigenvalue weighted by atomic mass is 10.0. The van der Waals surface area contributed by atoms with Gasteiger partial charge in [0.05, 0.1) is 12.9 Å². The van der Waals surface area contributed by atoms with Crippen LogP contribution in [0.15, 0.2) is 61.2 Å². The third kappa shape index (κ3) is 3.82. The number of carbonyl (C=O) groups excluding carboxylic acids is 1. The van der Waals surface area contributed by atoms with Gasteiger partial charge in [-0.25, -0.2) is 9.37 Å². The van der Waals surface area contributed by atoms with Crippen LogP contribution in [0.5, 0.6) is 0 Å². The summed E-state index contributed by atoms with van der Waals surface area (Å²) in [5.74, 6) is -0.595. The van der Waals surface area contributed by atoms with Gasteiger partial charge in [-0.05, 0) is 53.8 Å². The summed E-state index contributed by atoms with van der Waals surface area (Å²) in [6.07, 6.45) is 7.21. The summed E-state index contributed by atoms with van der Waals surface area (Å²) in [6, 6.07) is 11.8. The monoisotopic (exact) mass is 379 g/mol. The van der Waals surface area contributed by atoms with Crippen molar-refractivity contribution in [2.24, 2.45) is 0 Å². The number of hydrogen-bond acceptors (Lipinski definition) is 3. The molecule has 1 saturated heterocycles. The second kappa shape index (κ2) is 7.94. The van der Waals surface area contributed by atoms with E-state index in [2.05, 4.69) is 4.98 Å². The minimum Gasteiger partial charge on any atom is -0.392 e. The molecule has 1 atom stereocenters. The number of likely N-dealkylation sites (tertiary alicyclic amines) is 1. The van der Waals surface area contributed by atoms with Crippen LogP contribution in [-0.4, -0.2) is 38.1 Å². The standard InChI is InChI=1S/C22H22FN3O2/c23-20-11-18(17-4-1-3-16(9-17)14-27)10-19(12-20)22(28)26-7-2-5-21(26)13-25-8-6-24-15-25/h1,3-4,6,8-12,15,21,27H,2,5,7,13-14H2. The predicted molar refractivity (Wildman–Crippen MR) is 104 cm³/mol. The summed E-state index contributed by atoms with van der Waals surface area (Å²) in [4.78, 5) is 19.0. The van der Waals surface area contributed by atoms with Crippen LogP contribution in [0.1, 0.15) is 28.8 Å². The molecule has 3 aromatic rings. The molecule has 2 aromatic carbocycles. The smallest absolute Gasteiger partial charge is 0.254 e. The van der Waals surface area contributed by atoms with Crippen molar-refractivity contribution in [3.8, 4) is 11.1 Å². The SMILES string of the molecule is O=C(c1cc(F)cc(-c2cccc(CO)c2)c1)N1CCCC1Cn1ccnc1. The van der Waals surface area contributed by atoms with Gasteiger partial charge in [-0.2, -0.15) is 0 Å². The van der Waals surface area contributed by atoms with Crippen LogP contribution in [0.4, 0.5) is 4.39 Å². The van der Waals surface area contributed by atoms with Crippen molar-refractivity contribution in [2.75, 3.05) is 6.54 Å². The predicted octanol–water partition coefficient (Wildman–Crippen LogP) is 3.49. The second-order valence-corrected chi connectivity index (χ2v) is 7.14. The van der Waals surface area contributed by atoms with Gasteiger partial charge in [0.15, 0.2) is 0 Å². The average Bonchev–Trinajstić information content (AvgIpc) is 3.39. The lowest BCUT2D eigenvalue weighted by Gasteiger charge is -2.25. The van der Waals surface area contributed by atoms with E-state index in [-0.39, 0.29) is 18.6 Å². The highest BCUT2D eigenvalue weighted by Crippen LogP contribution is 2.26. The molecule has 0 spiro atoms. The first kappa shape index (κ1) is 18.4. The number of nitrogens with zero attached hydrogens (tertiary/aromatic N) is 3. The molecule has 1 aliphatic rings. The maximum atomic E-state index is 14.3. The molecule has 5 nitrogen and oxygen atoms in total. The topological polar surface area (TPSA) is 58.4 Å². The van der Waals surface area contributed by atoms with E-state index in [1.54, 1.807) is 30.7 Å². The van der Waals surface area contributed by atoms with Crippen molar-refractivity contribution in [1.82, 2.24) is 14.5 Å². The first-order chi connectivity index (χ1) is 13.6. The average molecular weight is 379 g/mol. The van der Waals surface area contributed by atoms with Crippen LogP contribution < -0.4 is 0 Å². The summed E-state index contributed by atoms with van der Waals surface area (Å²) in [5, 5.41) is 9.34. The Labute approximate surface area is 163 Å². The Hall–Kier alpha value is -2.99. The molecule has 1 aromatic heterocycles. The fourth-order valence-corrected chi connectivity index (χ4v) is 3.83. The molecule has 0 bridgehead atoms. The van der Waals surface area contributed by atoms with Crippen molar-refractivity contribution >= 4 is 5.91 Å². The fourth-order valence-electron chi connectivity index (χ4n) is 3.83. The van der Waals surface area contributed by atoms with Crippen LogP contribution in [0.25, 0.3) is 11.1 Å². The Morgan fingerprint density at radius 1 is 1.21 bits per heavy atom. The number of rotatable bonds is 5. The molecule has 0 aliphatic carbocycles. The van der Waals surface area contributed by atoms with Gasteiger partial charge in [-0.3, -0.25) is 4.79 Å². The summed E-state index contributed by atoms with van der Waals surface area (Å²) >= 11 is 0. The molecule has 1 N–H and O–H groups in total. The van der Waals surface area contributed by atoms with Gasteiger partial charge >= 0.3 is 0 Å². The molecular formula is C22H22FN3O2. The fraction of sp³-hybridized carbons (Fsp3) is 0.273. The van der Waals surface area contributed by atoms with Gasteiger partial charge in [0.2, 0.25) is 0 Å². The van der Waals surface area contributed by atoms with Crippen molar-refractivity contribution in [3.63, 3.8) is 0 Å². The largest absolute Gasteiger partial charge is 0.392 e. The van der Waals surface area contributed by atoms with Crippen molar-refractivity contribution < 1.29 is 14.3 Å². The highest BCUT2D eigenvalue weighted by molar-refractivity contribution is 5.96. The lowest BCUT2D eigenvalue weighted by molar-refractivity contribution is 0.0724. The summed E-state index contributed by atoms with van der Waals surface area (Å²) in [7, 11) is 0. The van der Waals surface area contributed by atoms with Crippen LogP contribution >= 0.6 is 0 Å². The highest BCUT2D eigenvalue weighted by atomic mass is 19.1. The van der Waals surface area contributed by atoms with E-state index >= 15 is 0 Å². The molecule has 6 heteroatoms. The number of carbonyl (C=O) groups is 1. The van der Waals surface area contributed by atoms with E-state index in [4.69, 9.17) is 0 Å². The summed E-state index contributed by atoms with van der Waals surface area (Å²) < 4.78 is 16.3. The molecule has 2 heterocycles. The van der Waals surface area contributed by atoms with Gasteiger partial charge < -0.3 is 14.6 Å². The van der Waals surface area contributed by atoms with Crippen molar-refractivity contribution in [3.05, 3.63) is 78.1 Å². The molecule has 1 aliphatic heterocycles. The molecule has 1 amide bonds. The quantitative estimate of drug-likeness (QED) is 0.738. The second-order valence-electron chi connectivity index (χ2n) is 7.14. The third-order valence-electron chi connectivity index (χ3n) is 5.21. The van der Waals surface area contributed by atoms with Crippen LogP contribution in [0, 0.1) is 5.82 Å². The number of benzene rings is 2. The minimum absolute atomic E-state index is 0.0751. The Bertz CT molecular complexity index is 972. The van der Waals surface area contributed by atoms with Crippen LogP contribution in [-0.2, 0) is 13.2 Å². The molecule has 0 saturated carbocycles. The Balaban J connectivity index is 1.61. The first-order valence-corrected chi connectivity index (χ1v) is 9.41. The first-order valence-electron chi connectivity index (χ1n) is 9.41. The molecule has 28 heavy (non-hydrogen) atoms. The van der Waals surface area contributed by atoms with E-state index in [0.29, 0.717) is 24.2 Å². The van der Waals surface area contributed by atoms with E-state index in [1.165, 1.54) is 12.1 Å². The zero-order chi connectivity index (χ0) is 19.5. The van der Waals surface area contributed by atoms with Crippen molar-refractivity contribution in [2.45, 2.75) is 32.0 Å². The van der Waals surface area contributed by atoms with Crippen LogP contribution in [0.3, 0.4) is 0 Å². The molecule has 0 radical (unpaired) electrons. The summed E-state index contributed by atoms with van der Waals surface area (Å²) in [5.41, 5.74) is 2.50. The van der Waals surface area contributed by atoms with Crippen LogP contribution in [0.2, 0.25) is 0 Å². The van der Waals surface area contributed by atoms with Gasteiger partial charge in [0, 0.05) is 37.1 Å². The number of aromatic nitrogens is 2. The number of hydrogen-bond donors (Lipinski definition) is 1. The Morgan fingerprint density at radius 2 is 2.11 bits per heavy atom. The molecular weight excluding hydrogens is 357 g/mol. The van der Waals surface area contributed by atoms with E-state index in [0.717, 1.165) is 24.0 Å². The number of aliphatic hydroxyl groups is 1. The van der Waals surface area contributed by atoms with Gasteiger partial charge in [-0.15, -0.1) is 0 Å². The Kier molecular flexibility index (Phi) is 5.21. The zero-order valence-electron chi connectivity index (χ0n) is 15.5. The normalized spacial score (nSPS) is 16.5. The number of imidazole rings is 1. The Morgan fingerprint density at radius 3 is 2.89 bits per heavy atom. The van der Waals surface area contributed by atoms with E-state index in [1.807, 2.05) is 27.8 Å². The van der Waals surface area contributed by atoms with E-state index in [9.17, 15) is 14.3 Å². The molecule has 144 valence electrons. The van der Waals surface area contributed by atoms with Gasteiger partial charge in [0.25, 0.3) is 5.91 Å². The van der Waals surface area contributed by atoms with E-state index < -0.39 is 5.82 Å². The van der Waals surface area contributed by atoms with Gasteiger partial charge in [0.1, 0.15) is 5.82 Å². The molecule has 4 rings (SSSR count). The van der Waals surface area contributed by atoms with Gasteiger partial charge in [-0.1, -0.05) is 18.2 Å². The minimum atomic E-state index is -0.444.